The van der Waals surface area contributed by atoms with E-state index in [1.165, 1.54) is 0 Å². The third-order valence-corrected chi connectivity index (χ3v) is 3.48. The highest BCUT2D eigenvalue weighted by molar-refractivity contribution is 5.78. The third kappa shape index (κ3) is 4.45. The first-order valence-electron chi connectivity index (χ1n) is 7.40. The van der Waals surface area contributed by atoms with Gasteiger partial charge in [-0.05, 0) is 30.2 Å². The first-order chi connectivity index (χ1) is 10.2. The summed E-state index contributed by atoms with van der Waals surface area (Å²) in [4.78, 5) is 18.6. The maximum absolute atomic E-state index is 12.6. The Morgan fingerprint density at radius 3 is 2.81 bits per heavy atom. The standard InChI is InChI=1S/C17H22N2O2/c1-3-6-14(2)17(20)19(13-16-8-5-10-21-16)12-15-7-4-9-18-11-15/h4-5,7-11,14H,3,6,12-13H2,1-2H3/t14-/m0/s1. The fraction of sp³-hybridized carbons (Fsp3) is 0.412. The van der Waals surface area contributed by atoms with Crippen LogP contribution >= 0.6 is 0 Å². The number of nitrogens with zero attached hydrogens (tertiary/aromatic N) is 2. The van der Waals surface area contributed by atoms with Crippen molar-refractivity contribution in [2.45, 2.75) is 39.8 Å². The Kier molecular flexibility index (Phi) is 5.55. The van der Waals surface area contributed by atoms with Crippen LogP contribution in [-0.4, -0.2) is 15.8 Å². The zero-order valence-corrected chi connectivity index (χ0v) is 12.7. The Hall–Kier alpha value is -2.10. The molecule has 0 aromatic carbocycles. The summed E-state index contributed by atoms with van der Waals surface area (Å²) >= 11 is 0. The van der Waals surface area contributed by atoms with Crippen molar-refractivity contribution in [1.29, 1.82) is 0 Å². The lowest BCUT2D eigenvalue weighted by Gasteiger charge is -2.25. The number of hydrogen-bond donors (Lipinski definition) is 0. The van der Waals surface area contributed by atoms with Gasteiger partial charge in [-0.1, -0.05) is 26.3 Å². The van der Waals surface area contributed by atoms with Crippen LogP contribution in [0.15, 0.2) is 47.3 Å². The van der Waals surface area contributed by atoms with Crippen molar-refractivity contribution in [2.75, 3.05) is 0 Å². The van der Waals surface area contributed by atoms with Crippen molar-refractivity contribution in [2.24, 2.45) is 5.92 Å². The van der Waals surface area contributed by atoms with Gasteiger partial charge in [0.05, 0.1) is 12.8 Å². The lowest BCUT2D eigenvalue weighted by molar-refractivity contribution is -0.136. The molecule has 0 bridgehead atoms. The molecule has 2 aromatic rings. The number of hydrogen-bond acceptors (Lipinski definition) is 3. The average Bonchev–Trinajstić information content (AvgIpc) is 3.00. The SMILES string of the molecule is CCC[C@H](C)C(=O)N(Cc1cccnc1)Cc1ccco1. The number of pyridine rings is 1. The van der Waals surface area contributed by atoms with Gasteiger partial charge in [-0.25, -0.2) is 0 Å². The lowest BCUT2D eigenvalue weighted by atomic mass is 10.0. The van der Waals surface area contributed by atoms with Crippen molar-refractivity contribution in [1.82, 2.24) is 9.88 Å². The fourth-order valence-electron chi connectivity index (χ4n) is 2.38. The number of furan rings is 1. The van der Waals surface area contributed by atoms with Gasteiger partial charge in [0, 0.05) is 24.9 Å². The summed E-state index contributed by atoms with van der Waals surface area (Å²) in [5.41, 5.74) is 1.03. The molecule has 1 atom stereocenters. The summed E-state index contributed by atoms with van der Waals surface area (Å²) < 4.78 is 5.38. The smallest absolute Gasteiger partial charge is 0.226 e. The highest BCUT2D eigenvalue weighted by atomic mass is 16.3. The monoisotopic (exact) mass is 286 g/mol. The van der Waals surface area contributed by atoms with Gasteiger partial charge < -0.3 is 9.32 Å². The van der Waals surface area contributed by atoms with Crippen LogP contribution in [0.5, 0.6) is 0 Å². The molecule has 2 rings (SSSR count). The van der Waals surface area contributed by atoms with Crippen LogP contribution in [0.1, 0.15) is 38.0 Å². The average molecular weight is 286 g/mol. The predicted molar refractivity (Wildman–Crippen MR) is 81.3 cm³/mol. The van der Waals surface area contributed by atoms with Gasteiger partial charge in [0.2, 0.25) is 5.91 Å². The first kappa shape index (κ1) is 15.3. The molecular formula is C17H22N2O2. The molecule has 0 aliphatic carbocycles. The van der Waals surface area contributed by atoms with Gasteiger partial charge in [-0.2, -0.15) is 0 Å². The van der Waals surface area contributed by atoms with Crippen molar-refractivity contribution >= 4 is 5.91 Å². The highest BCUT2D eigenvalue weighted by Crippen LogP contribution is 2.16. The van der Waals surface area contributed by atoms with Gasteiger partial charge in [0.1, 0.15) is 5.76 Å². The van der Waals surface area contributed by atoms with Gasteiger partial charge in [-0.3, -0.25) is 9.78 Å². The first-order valence-corrected chi connectivity index (χ1v) is 7.40. The lowest BCUT2D eigenvalue weighted by Crippen LogP contribution is -2.34. The van der Waals surface area contributed by atoms with E-state index in [0.717, 1.165) is 24.2 Å². The van der Waals surface area contributed by atoms with Crippen LogP contribution < -0.4 is 0 Å². The maximum atomic E-state index is 12.6. The molecule has 1 amide bonds. The minimum atomic E-state index is 0.0293. The predicted octanol–water partition coefficient (Wildman–Crippen LogP) is 3.64. The van der Waals surface area contributed by atoms with Crippen LogP contribution in [0.2, 0.25) is 0 Å². The normalized spacial score (nSPS) is 12.1. The minimum Gasteiger partial charge on any atom is -0.467 e. The number of rotatable bonds is 7. The number of carbonyl (C=O) groups excluding carboxylic acids is 1. The molecule has 2 aromatic heterocycles. The second-order valence-electron chi connectivity index (χ2n) is 5.32. The van der Waals surface area contributed by atoms with E-state index in [-0.39, 0.29) is 11.8 Å². The molecule has 4 heteroatoms. The second-order valence-corrected chi connectivity index (χ2v) is 5.32. The Morgan fingerprint density at radius 1 is 1.33 bits per heavy atom. The molecule has 21 heavy (non-hydrogen) atoms. The van der Waals surface area contributed by atoms with Crippen molar-refractivity contribution in [3.8, 4) is 0 Å². The second kappa shape index (κ2) is 7.62. The number of amides is 1. The van der Waals surface area contributed by atoms with Crippen LogP contribution in [0.4, 0.5) is 0 Å². The zero-order chi connectivity index (χ0) is 15.1. The Balaban J connectivity index is 2.11. The Labute approximate surface area is 125 Å². The summed E-state index contributed by atoms with van der Waals surface area (Å²) in [5.74, 6) is 0.995. The molecule has 0 aliphatic heterocycles. The van der Waals surface area contributed by atoms with Crippen LogP contribution in [0, 0.1) is 5.92 Å². The molecule has 112 valence electrons. The van der Waals surface area contributed by atoms with Crippen molar-refractivity contribution in [3.63, 3.8) is 0 Å². The van der Waals surface area contributed by atoms with E-state index in [4.69, 9.17) is 4.42 Å². The topological polar surface area (TPSA) is 46.3 Å². The van der Waals surface area contributed by atoms with Gasteiger partial charge in [0.25, 0.3) is 0 Å². The number of carbonyl (C=O) groups is 1. The molecule has 2 heterocycles. The highest BCUT2D eigenvalue weighted by Gasteiger charge is 2.21. The molecule has 0 spiro atoms. The van der Waals surface area contributed by atoms with Crippen molar-refractivity contribution < 1.29 is 9.21 Å². The summed E-state index contributed by atoms with van der Waals surface area (Å²) in [6.07, 6.45) is 7.08. The molecule has 0 radical (unpaired) electrons. The van der Waals surface area contributed by atoms with E-state index in [1.54, 1.807) is 18.7 Å². The molecule has 0 N–H and O–H groups in total. The molecule has 0 unspecified atom stereocenters. The molecule has 0 saturated heterocycles. The molecule has 0 saturated carbocycles. The summed E-state index contributed by atoms with van der Waals surface area (Å²) in [7, 11) is 0. The van der Waals surface area contributed by atoms with E-state index in [9.17, 15) is 4.79 Å². The van der Waals surface area contributed by atoms with Gasteiger partial charge in [0.15, 0.2) is 0 Å². The fourth-order valence-corrected chi connectivity index (χ4v) is 2.38. The van der Waals surface area contributed by atoms with E-state index < -0.39 is 0 Å². The quantitative estimate of drug-likeness (QED) is 0.780. The molecule has 4 nitrogen and oxygen atoms in total. The summed E-state index contributed by atoms with van der Waals surface area (Å²) in [5, 5.41) is 0. The van der Waals surface area contributed by atoms with E-state index >= 15 is 0 Å². The molecule has 0 fully saturated rings. The largest absolute Gasteiger partial charge is 0.467 e. The van der Waals surface area contributed by atoms with Gasteiger partial charge >= 0.3 is 0 Å². The van der Waals surface area contributed by atoms with Gasteiger partial charge in [-0.15, -0.1) is 0 Å². The molecular weight excluding hydrogens is 264 g/mol. The van der Waals surface area contributed by atoms with E-state index in [0.29, 0.717) is 13.1 Å². The van der Waals surface area contributed by atoms with Crippen LogP contribution in [-0.2, 0) is 17.9 Å². The van der Waals surface area contributed by atoms with Crippen LogP contribution in [0.3, 0.4) is 0 Å². The summed E-state index contributed by atoms with van der Waals surface area (Å²) in [6.45, 7) is 5.14. The zero-order valence-electron chi connectivity index (χ0n) is 12.7. The Bertz CT molecular complexity index is 537. The minimum absolute atomic E-state index is 0.0293. The number of aromatic nitrogens is 1. The maximum Gasteiger partial charge on any atom is 0.226 e. The Morgan fingerprint density at radius 2 is 2.19 bits per heavy atom. The van der Waals surface area contributed by atoms with E-state index in [2.05, 4.69) is 11.9 Å². The third-order valence-electron chi connectivity index (χ3n) is 3.48. The summed E-state index contributed by atoms with van der Waals surface area (Å²) in [6, 6.07) is 7.62. The van der Waals surface area contributed by atoms with E-state index in [1.807, 2.05) is 36.1 Å². The van der Waals surface area contributed by atoms with Crippen LogP contribution in [0.25, 0.3) is 0 Å². The molecule has 0 aliphatic rings. The van der Waals surface area contributed by atoms with Crippen molar-refractivity contribution in [3.05, 3.63) is 54.2 Å².